The topological polar surface area (TPSA) is 92.5 Å². The molecule has 0 aliphatic carbocycles. The molecule has 0 spiro atoms. The smallest absolute Gasteiger partial charge is 0.287 e. The number of hydrogen-bond acceptors (Lipinski definition) is 8. The molecule has 0 saturated carbocycles. The van der Waals surface area contributed by atoms with Crippen LogP contribution in [-0.4, -0.2) is 57.6 Å². The number of aromatic nitrogens is 2. The summed E-state index contributed by atoms with van der Waals surface area (Å²) < 4.78 is 2.03. The van der Waals surface area contributed by atoms with Crippen LogP contribution < -0.4 is 4.90 Å². The molecule has 28 heavy (non-hydrogen) atoms. The zero-order valence-corrected chi connectivity index (χ0v) is 16.5. The third-order valence-electron chi connectivity index (χ3n) is 4.49. The van der Waals surface area contributed by atoms with Crippen molar-refractivity contribution in [2.24, 2.45) is 0 Å². The third-order valence-corrected chi connectivity index (χ3v) is 6.66. The number of nitrogens with zero attached hydrogens (tertiary/aromatic N) is 5. The number of anilines is 1. The molecule has 144 valence electrons. The van der Waals surface area contributed by atoms with E-state index in [2.05, 4.69) is 9.97 Å². The highest BCUT2D eigenvalue weighted by Crippen LogP contribution is 2.29. The lowest BCUT2D eigenvalue weighted by atomic mass is 10.3. The quantitative estimate of drug-likeness (QED) is 0.359. The van der Waals surface area contributed by atoms with Gasteiger partial charge in [-0.05, 0) is 18.2 Å². The number of benzene rings is 1. The van der Waals surface area contributed by atoms with E-state index in [1.54, 1.807) is 17.4 Å². The number of piperazine rings is 1. The number of thioether (sulfide) groups is 1. The molecule has 3 aromatic rings. The van der Waals surface area contributed by atoms with Gasteiger partial charge in [0.05, 0.1) is 20.9 Å². The number of rotatable bonds is 5. The van der Waals surface area contributed by atoms with Gasteiger partial charge in [0.2, 0.25) is 5.91 Å². The van der Waals surface area contributed by atoms with Crippen molar-refractivity contribution >= 4 is 50.7 Å². The van der Waals surface area contributed by atoms with Gasteiger partial charge in [0, 0.05) is 32.2 Å². The van der Waals surface area contributed by atoms with Gasteiger partial charge in [-0.2, -0.15) is 0 Å². The normalized spacial score (nSPS) is 14.4. The Bertz CT molecular complexity index is 967. The molecule has 1 aromatic carbocycles. The van der Waals surface area contributed by atoms with E-state index in [-0.39, 0.29) is 11.6 Å². The molecular formula is C18H17N5O3S2. The van der Waals surface area contributed by atoms with E-state index in [4.69, 9.17) is 0 Å². The Labute approximate surface area is 169 Å². The molecule has 0 N–H and O–H groups in total. The van der Waals surface area contributed by atoms with Crippen LogP contribution in [0.1, 0.15) is 0 Å². The number of thiazole rings is 1. The third kappa shape index (κ3) is 4.07. The maximum Gasteiger partial charge on any atom is 0.287 e. The Hall–Kier alpha value is -2.72. The molecule has 0 bridgehead atoms. The molecule has 10 heteroatoms. The minimum absolute atomic E-state index is 0.0237. The summed E-state index contributed by atoms with van der Waals surface area (Å²) in [5, 5.41) is 10.7. The minimum Gasteiger partial charge on any atom is -0.353 e. The summed E-state index contributed by atoms with van der Waals surface area (Å²) in [6, 6.07) is 11.1. The second-order valence-corrected chi connectivity index (χ2v) is 8.49. The minimum atomic E-state index is -0.462. The van der Waals surface area contributed by atoms with Crippen molar-refractivity contribution in [3.63, 3.8) is 0 Å². The Kier molecular flexibility index (Phi) is 5.40. The van der Waals surface area contributed by atoms with Crippen LogP contribution in [0.25, 0.3) is 10.2 Å². The molecule has 4 rings (SSSR count). The Morgan fingerprint density at radius 2 is 1.96 bits per heavy atom. The fourth-order valence-electron chi connectivity index (χ4n) is 2.99. The summed E-state index contributed by atoms with van der Waals surface area (Å²) in [4.78, 5) is 35.4. The molecule has 1 saturated heterocycles. The number of para-hydroxylation sites is 1. The second kappa shape index (κ2) is 8.11. The van der Waals surface area contributed by atoms with Crippen molar-refractivity contribution < 1.29 is 9.72 Å². The number of hydrogen-bond donors (Lipinski definition) is 0. The summed E-state index contributed by atoms with van der Waals surface area (Å²) in [5.74, 6) is 1.16. The van der Waals surface area contributed by atoms with Gasteiger partial charge in [-0.15, -0.1) is 11.3 Å². The monoisotopic (exact) mass is 415 g/mol. The number of nitro groups is 1. The zero-order valence-electron chi connectivity index (χ0n) is 14.9. The lowest BCUT2D eigenvalue weighted by Gasteiger charge is -2.35. The first-order valence-electron chi connectivity index (χ1n) is 8.72. The van der Waals surface area contributed by atoms with E-state index in [9.17, 15) is 14.9 Å². The molecule has 1 amide bonds. The first-order valence-corrected chi connectivity index (χ1v) is 10.5. The average molecular weight is 416 g/mol. The van der Waals surface area contributed by atoms with Crippen LogP contribution in [0.5, 0.6) is 0 Å². The summed E-state index contributed by atoms with van der Waals surface area (Å²) in [6.07, 6.45) is 1.27. The standard InChI is InChI=1S/C18H17N5O3S2/c24-17(12-27-18-20-14-3-1-2-4-15(14)28-18)22-9-7-21(8-10-22)16-6-5-13(11-19-16)23(25)26/h1-6,11H,7-10,12H2. The second-order valence-electron chi connectivity index (χ2n) is 6.24. The predicted molar refractivity (Wildman–Crippen MR) is 110 cm³/mol. The molecular weight excluding hydrogens is 398 g/mol. The first-order chi connectivity index (χ1) is 13.6. The molecule has 0 unspecified atom stereocenters. The van der Waals surface area contributed by atoms with Gasteiger partial charge in [0.1, 0.15) is 12.0 Å². The average Bonchev–Trinajstić information content (AvgIpc) is 3.15. The summed E-state index contributed by atoms with van der Waals surface area (Å²) >= 11 is 3.08. The Morgan fingerprint density at radius 1 is 1.18 bits per heavy atom. The lowest BCUT2D eigenvalue weighted by molar-refractivity contribution is -0.385. The summed E-state index contributed by atoms with van der Waals surface area (Å²) in [5.41, 5.74) is 0.941. The van der Waals surface area contributed by atoms with E-state index in [0.717, 1.165) is 14.6 Å². The van der Waals surface area contributed by atoms with Crippen molar-refractivity contribution in [1.29, 1.82) is 0 Å². The predicted octanol–water partition coefficient (Wildman–Crippen LogP) is 3.04. The van der Waals surface area contributed by atoms with Crippen molar-refractivity contribution in [3.05, 3.63) is 52.7 Å². The highest BCUT2D eigenvalue weighted by atomic mass is 32.2. The molecule has 1 fully saturated rings. The van der Waals surface area contributed by atoms with Gasteiger partial charge in [-0.1, -0.05) is 23.9 Å². The maximum absolute atomic E-state index is 12.5. The Morgan fingerprint density at radius 3 is 2.64 bits per heavy atom. The van der Waals surface area contributed by atoms with Crippen molar-refractivity contribution in [2.45, 2.75) is 4.34 Å². The number of amides is 1. The van der Waals surface area contributed by atoms with Gasteiger partial charge in [0.15, 0.2) is 4.34 Å². The fourth-order valence-corrected chi connectivity index (χ4v) is 4.96. The SMILES string of the molecule is O=C(CSc1nc2ccccc2s1)N1CCN(c2ccc([N+](=O)[O-])cn2)CC1. The number of carbonyl (C=O) groups excluding carboxylic acids is 1. The van der Waals surface area contributed by atoms with E-state index in [1.165, 1.54) is 24.0 Å². The maximum atomic E-state index is 12.5. The number of fused-ring (bicyclic) bond motifs is 1. The largest absolute Gasteiger partial charge is 0.353 e. The zero-order chi connectivity index (χ0) is 19.5. The van der Waals surface area contributed by atoms with Crippen LogP contribution in [0.15, 0.2) is 46.9 Å². The first kappa shape index (κ1) is 18.6. The van der Waals surface area contributed by atoms with Gasteiger partial charge in [-0.25, -0.2) is 9.97 Å². The van der Waals surface area contributed by atoms with E-state index in [1.807, 2.05) is 34.1 Å². The highest BCUT2D eigenvalue weighted by Gasteiger charge is 2.22. The molecule has 8 nitrogen and oxygen atoms in total. The fraction of sp³-hybridized carbons (Fsp3) is 0.278. The van der Waals surface area contributed by atoms with Gasteiger partial charge >= 0.3 is 0 Å². The van der Waals surface area contributed by atoms with Crippen LogP contribution in [-0.2, 0) is 4.79 Å². The van der Waals surface area contributed by atoms with E-state index >= 15 is 0 Å². The van der Waals surface area contributed by atoms with Gasteiger partial charge in [0.25, 0.3) is 5.69 Å². The van der Waals surface area contributed by atoms with E-state index in [0.29, 0.717) is 37.7 Å². The van der Waals surface area contributed by atoms with Gasteiger partial charge < -0.3 is 9.80 Å². The van der Waals surface area contributed by atoms with E-state index < -0.39 is 4.92 Å². The molecule has 1 aliphatic heterocycles. The molecule has 0 radical (unpaired) electrons. The molecule has 3 heterocycles. The summed E-state index contributed by atoms with van der Waals surface area (Å²) in [7, 11) is 0. The van der Waals surface area contributed by atoms with Crippen LogP contribution >= 0.6 is 23.1 Å². The van der Waals surface area contributed by atoms with Crippen molar-refractivity contribution in [2.75, 3.05) is 36.8 Å². The van der Waals surface area contributed by atoms with Crippen molar-refractivity contribution in [3.8, 4) is 0 Å². The molecule has 2 aromatic heterocycles. The lowest BCUT2D eigenvalue weighted by Crippen LogP contribution is -2.49. The van der Waals surface area contributed by atoms with Crippen LogP contribution in [0, 0.1) is 10.1 Å². The van der Waals surface area contributed by atoms with Crippen LogP contribution in [0.3, 0.4) is 0 Å². The van der Waals surface area contributed by atoms with Crippen LogP contribution in [0.2, 0.25) is 0 Å². The van der Waals surface area contributed by atoms with Crippen LogP contribution in [0.4, 0.5) is 11.5 Å². The highest BCUT2D eigenvalue weighted by molar-refractivity contribution is 8.01. The Balaban J connectivity index is 1.29. The van der Waals surface area contributed by atoms with Gasteiger partial charge in [-0.3, -0.25) is 14.9 Å². The number of carbonyl (C=O) groups is 1. The number of pyridine rings is 1. The molecule has 0 atom stereocenters. The van der Waals surface area contributed by atoms with Crippen molar-refractivity contribution in [1.82, 2.24) is 14.9 Å². The molecule has 1 aliphatic rings. The summed E-state index contributed by atoms with van der Waals surface area (Å²) in [6.45, 7) is 2.53.